The van der Waals surface area contributed by atoms with Crippen molar-refractivity contribution >= 4 is 5.69 Å². The quantitative estimate of drug-likeness (QED) is 0.341. The van der Waals surface area contributed by atoms with Crippen LogP contribution < -0.4 is 5.73 Å². The van der Waals surface area contributed by atoms with Crippen molar-refractivity contribution in [3.8, 4) is 0 Å². The van der Waals surface area contributed by atoms with Crippen LogP contribution in [0.5, 0.6) is 0 Å². The highest BCUT2D eigenvalue weighted by atomic mass is 14.6. The molecule has 0 bridgehead atoms. The predicted octanol–water partition coefficient (Wildman–Crippen LogP) is 6.60. The van der Waals surface area contributed by atoms with Crippen LogP contribution in [0.15, 0.2) is 12.1 Å². The molecule has 1 nitrogen and oxygen atoms in total. The van der Waals surface area contributed by atoms with Crippen molar-refractivity contribution < 1.29 is 0 Å². The first-order valence-corrected chi connectivity index (χ1v) is 9.57. The fourth-order valence-corrected chi connectivity index (χ4v) is 3.20. The summed E-state index contributed by atoms with van der Waals surface area (Å²) in [7, 11) is 0. The Morgan fingerprint density at radius 3 is 1.86 bits per heavy atom. The molecule has 0 fully saturated rings. The number of benzene rings is 1. The number of hydrogen-bond acceptors (Lipinski definition) is 1. The molecule has 1 aromatic rings. The van der Waals surface area contributed by atoms with E-state index in [-0.39, 0.29) is 0 Å². The van der Waals surface area contributed by atoms with Gasteiger partial charge in [0.25, 0.3) is 0 Å². The van der Waals surface area contributed by atoms with E-state index in [1.807, 2.05) is 0 Å². The van der Waals surface area contributed by atoms with Crippen molar-refractivity contribution in [3.63, 3.8) is 0 Å². The van der Waals surface area contributed by atoms with Crippen LogP contribution in [0.25, 0.3) is 0 Å². The molecule has 0 radical (unpaired) electrons. The summed E-state index contributed by atoms with van der Waals surface area (Å²) in [4.78, 5) is 0. The van der Waals surface area contributed by atoms with Gasteiger partial charge in [-0.25, -0.2) is 0 Å². The summed E-state index contributed by atoms with van der Waals surface area (Å²) >= 11 is 0. The summed E-state index contributed by atoms with van der Waals surface area (Å²) < 4.78 is 0. The van der Waals surface area contributed by atoms with Gasteiger partial charge in [0.1, 0.15) is 0 Å². The van der Waals surface area contributed by atoms with Crippen LogP contribution in [0, 0.1) is 6.92 Å². The highest BCUT2D eigenvalue weighted by Gasteiger charge is 2.08. The third-order valence-electron chi connectivity index (χ3n) is 4.76. The Hall–Kier alpha value is -0.980. The van der Waals surface area contributed by atoms with Gasteiger partial charge >= 0.3 is 0 Å². The summed E-state index contributed by atoms with van der Waals surface area (Å²) in [6.45, 7) is 6.75. The van der Waals surface area contributed by atoms with E-state index in [2.05, 4.69) is 32.9 Å². The van der Waals surface area contributed by atoms with Crippen molar-refractivity contribution in [1.82, 2.24) is 0 Å². The zero-order chi connectivity index (χ0) is 16.2. The van der Waals surface area contributed by atoms with E-state index in [1.54, 1.807) is 0 Å². The Morgan fingerprint density at radius 2 is 1.27 bits per heavy atom. The highest BCUT2D eigenvalue weighted by Crippen LogP contribution is 2.25. The average molecular weight is 304 g/mol. The van der Waals surface area contributed by atoms with E-state index >= 15 is 0 Å². The molecule has 126 valence electrons. The van der Waals surface area contributed by atoms with Gasteiger partial charge in [0.05, 0.1) is 0 Å². The van der Waals surface area contributed by atoms with Gasteiger partial charge in [-0.1, -0.05) is 77.3 Å². The average Bonchev–Trinajstić information content (AvgIpc) is 2.51. The molecule has 0 aliphatic rings. The van der Waals surface area contributed by atoms with E-state index < -0.39 is 0 Å². The number of unbranched alkanes of at least 4 members (excludes halogenated alkanes) is 8. The third-order valence-corrected chi connectivity index (χ3v) is 4.76. The maximum Gasteiger partial charge on any atom is 0.0381 e. The number of nitrogen functional groups attached to an aromatic ring is 1. The number of rotatable bonds is 12. The van der Waals surface area contributed by atoms with Gasteiger partial charge in [-0.2, -0.15) is 0 Å². The summed E-state index contributed by atoms with van der Waals surface area (Å²) in [5.41, 5.74) is 11.7. The zero-order valence-corrected chi connectivity index (χ0v) is 15.2. The van der Waals surface area contributed by atoms with E-state index in [1.165, 1.54) is 80.9 Å². The van der Waals surface area contributed by atoms with Gasteiger partial charge in [0, 0.05) is 5.69 Å². The number of aryl methyl sites for hydroxylation is 2. The monoisotopic (exact) mass is 303 g/mol. The number of nitrogens with two attached hydrogens (primary N) is 1. The van der Waals surface area contributed by atoms with Crippen molar-refractivity contribution in [2.45, 2.75) is 97.8 Å². The minimum Gasteiger partial charge on any atom is -0.398 e. The molecule has 22 heavy (non-hydrogen) atoms. The Kier molecular flexibility index (Phi) is 10.0. The smallest absolute Gasteiger partial charge is 0.0381 e. The maximum atomic E-state index is 6.47. The van der Waals surface area contributed by atoms with Crippen LogP contribution in [0.4, 0.5) is 5.69 Å². The van der Waals surface area contributed by atoms with Gasteiger partial charge < -0.3 is 5.73 Å². The molecule has 0 saturated carbocycles. The second-order valence-electron chi connectivity index (χ2n) is 6.76. The summed E-state index contributed by atoms with van der Waals surface area (Å²) in [6, 6.07) is 4.53. The first-order valence-electron chi connectivity index (χ1n) is 9.57. The SMILES string of the molecule is CCCCCCCc1ccc(C)c(CCCCCCC)c1N. The number of hydrogen-bond donors (Lipinski definition) is 1. The molecule has 0 aliphatic heterocycles. The predicted molar refractivity (Wildman–Crippen MR) is 101 cm³/mol. The summed E-state index contributed by atoms with van der Waals surface area (Å²) in [6.07, 6.45) is 15.7. The van der Waals surface area contributed by atoms with Crippen molar-refractivity contribution in [1.29, 1.82) is 0 Å². The molecule has 1 rings (SSSR count). The largest absolute Gasteiger partial charge is 0.398 e. The van der Waals surface area contributed by atoms with E-state index in [0.717, 1.165) is 18.5 Å². The normalized spacial score (nSPS) is 11.0. The summed E-state index contributed by atoms with van der Waals surface area (Å²) in [5.74, 6) is 0. The van der Waals surface area contributed by atoms with Gasteiger partial charge in [-0.3, -0.25) is 0 Å². The first-order chi connectivity index (χ1) is 10.7. The van der Waals surface area contributed by atoms with Gasteiger partial charge in [0.2, 0.25) is 0 Å². The lowest BCUT2D eigenvalue weighted by molar-refractivity contribution is 0.628. The van der Waals surface area contributed by atoms with Crippen molar-refractivity contribution in [2.75, 3.05) is 5.73 Å². The molecule has 0 amide bonds. The Bertz CT molecular complexity index is 409. The lowest BCUT2D eigenvalue weighted by atomic mass is 9.94. The molecule has 1 heteroatoms. The topological polar surface area (TPSA) is 26.0 Å². The molecule has 0 aliphatic carbocycles. The first kappa shape index (κ1) is 19.1. The van der Waals surface area contributed by atoms with E-state index in [9.17, 15) is 0 Å². The standard InChI is InChI=1S/C21H37N/c1-4-6-8-10-12-14-19-17-16-18(3)20(21(19)22)15-13-11-9-7-5-2/h16-17H,4-15,22H2,1-3H3. The van der Waals surface area contributed by atoms with Crippen LogP contribution in [0.2, 0.25) is 0 Å². The molecule has 0 unspecified atom stereocenters. The molecule has 2 N–H and O–H groups in total. The Balaban J connectivity index is 2.48. The van der Waals surface area contributed by atoms with Crippen LogP contribution in [-0.2, 0) is 12.8 Å². The molecule has 0 aromatic heterocycles. The lowest BCUT2D eigenvalue weighted by Crippen LogP contribution is -2.03. The molecule has 0 saturated heterocycles. The number of anilines is 1. The fraction of sp³-hybridized carbons (Fsp3) is 0.714. The van der Waals surface area contributed by atoms with Crippen LogP contribution in [0.1, 0.15) is 94.7 Å². The highest BCUT2D eigenvalue weighted by molar-refractivity contribution is 5.57. The molecular formula is C21H37N. The van der Waals surface area contributed by atoms with Crippen LogP contribution >= 0.6 is 0 Å². The molecule has 1 aromatic carbocycles. The van der Waals surface area contributed by atoms with Gasteiger partial charge in [-0.05, 0) is 49.3 Å². The van der Waals surface area contributed by atoms with Crippen molar-refractivity contribution in [2.24, 2.45) is 0 Å². The molecule has 0 atom stereocenters. The Labute approximate surface area is 138 Å². The van der Waals surface area contributed by atoms with Crippen LogP contribution in [-0.4, -0.2) is 0 Å². The van der Waals surface area contributed by atoms with Crippen LogP contribution in [0.3, 0.4) is 0 Å². The van der Waals surface area contributed by atoms with Gasteiger partial charge in [-0.15, -0.1) is 0 Å². The maximum absolute atomic E-state index is 6.47. The Morgan fingerprint density at radius 1 is 0.727 bits per heavy atom. The van der Waals surface area contributed by atoms with Gasteiger partial charge in [0.15, 0.2) is 0 Å². The lowest BCUT2D eigenvalue weighted by Gasteiger charge is -2.14. The summed E-state index contributed by atoms with van der Waals surface area (Å²) in [5, 5.41) is 0. The fourth-order valence-electron chi connectivity index (χ4n) is 3.20. The molecule has 0 spiro atoms. The van der Waals surface area contributed by atoms with E-state index in [0.29, 0.717) is 0 Å². The second kappa shape index (κ2) is 11.6. The molecular weight excluding hydrogens is 266 g/mol. The van der Waals surface area contributed by atoms with Crippen molar-refractivity contribution in [3.05, 3.63) is 28.8 Å². The second-order valence-corrected chi connectivity index (χ2v) is 6.76. The zero-order valence-electron chi connectivity index (χ0n) is 15.2. The minimum atomic E-state index is 1.09. The molecule has 0 heterocycles. The van der Waals surface area contributed by atoms with E-state index in [4.69, 9.17) is 5.73 Å². The minimum absolute atomic E-state index is 1.09. The third kappa shape index (κ3) is 6.85.